The van der Waals surface area contributed by atoms with Crippen LogP contribution in [0.2, 0.25) is 0 Å². The lowest BCUT2D eigenvalue weighted by molar-refractivity contribution is -0.196. The van der Waals surface area contributed by atoms with E-state index in [1.54, 1.807) is 6.92 Å². The summed E-state index contributed by atoms with van der Waals surface area (Å²) in [5.74, 6) is -4.21. The summed E-state index contributed by atoms with van der Waals surface area (Å²) >= 11 is 0. The molecule has 106 valence electrons. The fraction of sp³-hybridized carbons (Fsp3) is 0.909. The fourth-order valence-electron chi connectivity index (χ4n) is 2.08. The molecule has 7 heteroatoms. The molecule has 2 unspecified atom stereocenters. The highest BCUT2D eigenvalue weighted by Crippen LogP contribution is 2.29. The first-order valence-electron chi connectivity index (χ1n) is 5.86. The van der Waals surface area contributed by atoms with Crippen LogP contribution < -0.4 is 0 Å². The Morgan fingerprint density at radius 1 is 1.39 bits per heavy atom. The van der Waals surface area contributed by atoms with Crippen molar-refractivity contribution in [3.63, 3.8) is 0 Å². The van der Waals surface area contributed by atoms with Crippen molar-refractivity contribution in [1.29, 1.82) is 0 Å². The van der Waals surface area contributed by atoms with E-state index in [0.717, 1.165) is 0 Å². The molecule has 0 amide bonds. The van der Waals surface area contributed by atoms with E-state index >= 15 is 0 Å². The van der Waals surface area contributed by atoms with E-state index < -0.39 is 30.2 Å². The summed E-state index contributed by atoms with van der Waals surface area (Å²) in [5, 5.41) is 18.4. The molecule has 1 fully saturated rings. The van der Waals surface area contributed by atoms with Gasteiger partial charge in [0, 0.05) is 13.1 Å². The van der Waals surface area contributed by atoms with Crippen LogP contribution in [-0.4, -0.2) is 52.5 Å². The second kappa shape index (κ2) is 5.44. The fourth-order valence-corrected chi connectivity index (χ4v) is 2.08. The molecule has 0 aromatic heterocycles. The van der Waals surface area contributed by atoms with Gasteiger partial charge >= 0.3 is 12.1 Å². The molecular weight excluding hydrogens is 251 g/mol. The standard InChI is InChI=1S/C11H18F3NO3/c1-10(18)3-2-5-15(6-4-10)7-8(9(16)17)11(12,13)14/h8,18H,2-7H2,1H3,(H,16,17). The van der Waals surface area contributed by atoms with Gasteiger partial charge in [0.25, 0.3) is 0 Å². The van der Waals surface area contributed by atoms with Crippen molar-refractivity contribution in [1.82, 2.24) is 4.90 Å². The molecule has 0 spiro atoms. The van der Waals surface area contributed by atoms with Gasteiger partial charge in [-0.3, -0.25) is 4.79 Å². The molecule has 0 aromatic carbocycles. The van der Waals surface area contributed by atoms with Gasteiger partial charge in [-0.15, -0.1) is 0 Å². The smallest absolute Gasteiger partial charge is 0.403 e. The number of likely N-dealkylation sites (tertiary alicyclic amines) is 1. The molecule has 18 heavy (non-hydrogen) atoms. The van der Waals surface area contributed by atoms with Gasteiger partial charge in [0.2, 0.25) is 0 Å². The zero-order chi connectivity index (χ0) is 14.0. The second-order valence-electron chi connectivity index (χ2n) is 5.08. The van der Waals surface area contributed by atoms with Gasteiger partial charge in [-0.1, -0.05) is 0 Å². The normalized spacial score (nSPS) is 28.7. The van der Waals surface area contributed by atoms with Crippen molar-refractivity contribution >= 4 is 5.97 Å². The van der Waals surface area contributed by atoms with Gasteiger partial charge in [-0.05, 0) is 32.7 Å². The maximum Gasteiger partial charge on any atom is 0.403 e. The Balaban J connectivity index is 2.63. The van der Waals surface area contributed by atoms with Crippen LogP contribution in [-0.2, 0) is 4.79 Å². The molecular formula is C11H18F3NO3. The van der Waals surface area contributed by atoms with Crippen LogP contribution in [0, 0.1) is 5.92 Å². The summed E-state index contributed by atoms with van der Waals surface area (Å²) in [5.41, 5.74) is -0.869. The van der Waals surface area contributed by atoms with Crippen molar-refractivity contribution in [2.75, 3.05) is 19.6 Å². The van der Waals surface area contributed by atoms with Crippen LogP contribution in [0.4, 0.5) is 13.2 Å². The first-order valence-corrected chi connectivity index (χ1v) is 5.86. The zero-order valence-electron chi connectivity index (χ0n) is 10.2. The van der Waals surface area contributed by atoms with Crippen LogP contribution >= 0.6 is 0 Å². The van der Waals surface area contributed by atoms with Crippen LogP contribution in [0.3, 0.4) is 0 Å². The Kier molecular flexibility index (Phi) is 4.61. The van der Waals surface area contributed by atoms with E-state index in [4.69, 9.17) is 5.11 Å². The largest absolute Gasteiger partial charge is 0.481 e. The molecule has 2 atom stereocenters. The molecule has 0 radical (unpaired) electrons. The summed E-state index contributed by atoms with van der Waals surface area (Å²) in [4.78, 5) is 12.1. The van der Waals surface area contributed by atoms with Gasteiger partial charge < -0.3 is 15.1 Å². The number of hydrogen-bond acceptors (Lipinski definition) is 3. The second-order valence-corrected chi connectivity index (χ2v) is 5.08. The zero-order valence-corrected chi connectivity index (χ0v) is 10.2. The van der Waals surface area contributed by atoms with E-state index in [-0.39, 0.29) is 6.54 Å². The molecule has 4 nitrogen and oxygen atoms in total. The number of nitrogens with zero attached hydrogens (tertiary/aromatic N) is 1. The van der Waals surface area contributed by atoms with Gasteiger partial charge in [0.05, 0.1) is 5.60 Å². The summed E-state index contributed by atoms with van der Waals surface area (Å²) in [6.07, 6.45) is -3.29. The number of carboxylic acids is 1. The number of aliphatic carboxylic acids is 1. The molecule has 0 bridgehead atoms. The van der Waals surface area contributed by atoms with Gasteiger partial charge in [0.15, 0.2) is 5.92 Å². The number of alkyl halides is 3. The Hall–Kier alpha value is -0.820. The molecule has 1 aliphatic heterocycles. The van der Waals surface area contributed by atoms with Crippen molar-refractivity contribution < 1.29 is 28.2 Å². The summed E-state index contributed by atoms with van der Waals surface area (Å²) < 4.78 is 37.6. The van der Waals surface area contributed by atoms with Crippen LogP contribution in [0.15, 0.2) is 0 Å². The predicted molar refractivity (Wildman–Crippen MR) is 58.1 cm³/mol. The third-order valence-electron chi connectivity index (χ3n) is 3.29. The number of carboxylic acid groups (broad SMARTS) is 1. The van der Waals surface area contributed by atoms with E-state index in [2.05, 4.69) is 0 Å². The Labute approximate surface area is 103 Å². The summed E-state index contributed by atoms with van der Waals surface area (Å²) in [6.45, 7) is 1.77. The highest BCUT2D eigenvalue weighted by atomic mass is 19.4. The van der Waals surface area contributed by atoms with Crippen LogP contribution in [0.25, 0.3) is 0 Å². The van der Waals surface area contributed by atoms with E-state index in [1.165, 1.54) is 4.90 Å². The highest BCUT2D eigenvalue weighted by molar-refractivity contribution is 5.71. The SMILES string of the molecule is CC1(O)CCCN(CC(C(=O)O)C(F)(F)F)CC1. The maximum absolute atomic E-state index is 12.5. The number of carbonyl (C=O) groups is 1. The molecule has 2 N–H and O–H groups in total. The lowest BCUT2D eigenvalue weighted by atomic mass is 9.98. The maximum atomic E-state index is 12.5. The molecule has 0 aliphatic carbocycles. The molecule has 1 rings (SSSR count). The minimum atomic E-state index is -4.74. The average Bonchev–Trinajstić information content (AvgIpc) is 2.34. The van der Waals surface area contributed by atoms with Crippen LogP contribution in [0.5, 0.6) is 0 Å². The minimum Gasteiger partial charge on any atom is -0.481 e. The Bertz CT molecular complexity index is 304. The molecule has 1 saturated heterocycles. The van der Waals surface area contributed by atoms with Gasteiger partial charge in [0.1, 0.15) is 0 Å². The number of aliphatic hydroxyl groups is 1. The van der Waals surface area contributed by atoms with E-state index in [9.17, 15) is 23.1 Å². The van der Waals surface area contributed by atoms with Gasteiger partial charge in [-0.2, -0.15) is 13.2 Å². The lowest BCUT2D eigenvalue weighted by Crippen LogP contribution is -2.42. The summed E-state index contributed by atoms with van der Waals surface area (Å²) in [6, 6.07) is 0. The van der Waals surface area contributed by atoms with Crippen molar-refractivity contribution in [2.24, 2.45) is 5.92 Å². The average molecular weight is 269 g/mol. The van der Waals surface area contributed by atoms with E-state index in [0.29, 0.717) is 25.8 Å². The minimum absolute atomic E-state index is 0.285. The third-order valence-corrected chi connectivity index (χ3v) is 3.29. The Morgan fingerprint density at radius 2 is 2.00 bits per heavy atom. The lowest BCUT2D eigenvalue weighted by Gasteiger charge is -2.26. The first kappa shape index (κ1) is 15.2. The Morgan fingerprint density at radius 3 is 2.50 bits per heavy atom. The van der Waals surface area contributed by atoms with Crippen molar-refractivity contribution in [2.45, 2.75) is 38.0 Å². The molecule has 0 aromatic rings. The third kappa shape index (κ3) is 4.45. The van der Waals surface area contributed by atoms with Crippen molar-refractivity contribution in [3.05, 3.63) is 0 Å². The number of halogens is 3. The van der Waals surface area contributed by atoms with Crippen molar-refractivity contribution in [3.8, 4) is 0 Å². The van der Waals surface area contributed by atoms with Gasteiger partial charge in [-0.25, -0.2) is 0 Å². The first-order chi connectivity index (χ1) is 8.12. The monoisotopic (exact) mass is 269 g/mol. The highest BCUT2D eigenvalue weighted by Gasteiger charge is 2.46. The number of rotatable bonds is 3. The topological polar surface area (TPSA) is 60.8 Å². The quantitative estimate of drug-likeness (QED) is 0.815. The summed E-state index contributed by atoms with van der Waals surface area (Å²) in [7, 11) is 0. The van der Waals surface area contributed by atoms with E-state index in [1.807, 2.05) is 0 Å². The molecule has 0 saturated carbocycles. The predicted octanol–water partition coefficient (Wildman–Crippen LogP) is 1.49. The molecule has 1 aliphatic rings. The van der Waals surface area contributed by atoms with Crippen LogP contribution in [0.1, 0.15) is 26.2 Å². The molecule has 1 heterocycles. The number of hydrogen-bond donors (Lipinski definition) is 2.